The zero-order valence-electron chi connectivity index (χ0n) is 18.9. The largest absolute Gasteiger partial charge is 0.385 e. The molecule has 3 rings (SSSR count). The topological polar surface area (TPSA) is 55.3 Å². The number of nitrogens with one attached hydrogen (secondary N) is 1. The van der Waals surface area contributed by atoms with Gasteiger partial charge in [0.25, 0.3) is 0 Å². The van der Waals surface area contributed by atoms with Crippen LogP contribution in [0, 0.1) is 12.8 Å². The summed E-state index contributed by atoms with van der Waals surface area (Å²) in [4.78, 5) is 6.91. The average Bonchev–Trinajstić information content (AvgIpc) is 2.79. The summed E-state index contributed by atoms with van der Waals surface area (Å²) in [5.41, 5.74) is 2.57. The molecule has 0 bridgehead atoms. The molecule has 30 heavy (non-hydrogen) atoms. The summed E-state index contributed by atoms with van der Waals surface area (Å²) < 4.78 is 17.3. The maximum absolute atomic E-state index is 6.18. The van der Waals surface area contributed by atoms with Gasteiger partial charge in [0.05, 0.1) is 12.2 Å². The minimum atomic E-state index is 0.163. The lowest BCUT2D eigenvalue weighted by molar-refractivity contribution is -0.0268. The van der Waals surface area contributed by atoms with E-state index in [1.54, 1.807) is 7.11 Å². The summed E-state index contributed by atoms with van der Waals surface area (Å²) in [5.74, 6) is 1.46. The van der Waals surface area contributed by atoms with Gasteiger partial charge >= 0.3 is 0 Å². The number of ether oxygens (including phenoxy) is 3. The molecule has 2 atom stereocenters. The van der Waals surface area contributed by atoms with Crippen molar-refractivity contribution in [3.63, 3.8) is 0 Å². The van der Waals surface area contributed by atoms with Crippen molar-refractivity contribution < 1.29 is 14.2 Å². The van der Waals surface area contributed by atoms with E-state index in [2.05, 4.69) is 46.4 Å². The number of piperidine rings is 1. The molecule has 1 N–H and O–H groups in total. The molecule has 2 aliphatic rings. The molecule has 0 radical (unpaired) electrons. The summed E-state index contributed by atoms with van der Waals surface area (Å²) in [5, 5.41) is 3.63. The van der Waals surface area contributed by atoms with Crippen molar-refractivity contribution in [1.82, 2.24) is 10.2 Å². The Bertz CT molecular complexity index is 642. The van der Waals surface area contributed by atoms with Crippen LogP contribution >= 0.6 is 0 Å². The van der Waals surface area contributed by atoms with E-state index >= 15 is 0 Å². The Morgan fingerprint density at radius 3 is 2.63 bits per heavy atom. The Morgan fingerprint density at radius 2 is 1.93 bits per heavy atom. The number of nitrogens with zero attached hydrogens (tertiary/aromatic N) is 2. The van der Waals surface area contributed by atoms with Crippen molar-refractivity contribution in [2.75, 3.05) is 53.6 Å². The highest BCUT2D eigenvalue weighted by Gasteiger charge is 2.28. The first kappa shape index (κ1) is 23.0. The molecule has 6 heteroatoms. The molecule has 1 aromatic rings. The third-order valence-corrected chi connectivity index (χ3v) is 6.17. The van der Waals surface area contributed by atoms with E-state index in [1.165, 1.54) is 17.5 Å². The second-order valence-corrected chi connectivity index (χ2v) is 8.44. The summed E-state index contributed by atoms with van der Waals surface area (Å²) in [6.07, 6.45) is 5.88. The standard InChI is InChI=1S/C24H39N3O3/c1-19-7-9-20(10-8-19)23-21(6-4-16-30-23)18-26-24(25-2)27-13-11-22(12-14-27)29-17-5-15-28-3/h7-10,21-23H,4-6,11-18H2,1-3H3,(H,25,26). The van der Waals surface area contributed by atoms with Crippen LogP contribution in [0.25, 0.3) is 0 Å². The molecule has 2 saturated heterocycles. The van der Waals surface area contributed by atoms with E-state index in [4.69, 9.17) is 14.2 Å². The molecule has 6 nitrogen and oxygen atoms in total. The Kier molecular flexibility index (Phi) is 9.43. The zero-order chi connectivity index (χ0) is 21.2. The van der Waals surface area contributed by atoms with Crippen LogP contribution in [0.1, 0.15) is 49.3 Å². The number of benzene rings is 1. The Labute approximate surface area is 182 Å². The van der Waals surface area contributed by atoms with E-state index in [0.29, 0.717) is 12.0 Å². The van der Waals surface area contributed by atoms with Crippen molar-refractivity contribution in [1.29, 1.82) is 0 Å². The molecule has 2 unspecified atom stereocenters. The molecular formula is C24H39N3O3. The van der Waals surface area contributed by atoms with Crippen molar-refractivity contribution >= 4 is 5.96 Å². The van der Waals surface area contributed by atoms with E-state index in [9.17, 15) is 0 Å². The number of aliphatic imine (C=N–C) groups is 1. The fourth-order valence-electron chi connectivity index (χ4n) is 4.42. The first-order chi connectivity index (χ1) is 14.7. The van der Waals surface area contributed by atoms with E-state index < -0.39 is 0 Å². The van der Waals surface area contributed by atoms with Crippen LogP contribution in [0.15, 0.2) is 29.3 Å². The first-order valence-electron chi connectivity index (χ1n) is 11.5. The monoisotopic (exact) mass is 417 g/mol. The molecule has 168 valence electrons. The third-order valence-electron chi connectivity index (χ3n) is 6.17. The van der Waals surface area contributed by atoms with Crippen LogP contribution in [0.2, 0.25) is 0 Å². The first-order valence-corrected chi connectivity index (χ1v) is 11.5. The van der Waals surface area contributed by atoms with Gasteiger partial charge in [-0.3, -0.25) is 4.99 Å². The number of likely N-dealkylation sites (tertiary alicyclic amines) is 1. The molecule has 0 saturated carbocycles. The fourth-order valence-corrected chi connectivity index (χ4v) is 4.42. The number of methoxy groups -OCH3 is 1. The predicted molar refractivity (Wildman–Crippen MR) is 121 cm³/mol. The average molecular weight is 418 g/mol. The van der Waals surface area contributed by atoms with Crippen molar-refractivity contribution in [2.45, 2.75) is 51.2 Å². The highest BCUT2D eigenvalue weighted by atomic mass is 16.5. The van der Waals surface area contributed by atoms with Crippen molar-refractivity contribution in [3.05, 3.63) is 35.4 Å². The Morgan fingerprint density at radius 1 is 1.17 bits per heavy atom. The van der Waals surface area contributed by atoms with E-state index in [1.807, 2.05) is 7.05 Å². The number of rotatable bonds is 8. The quantitative estimate of drug-likeness (QED) is 0.398. The van der Waals surface area contributed by atoms with Crippen LogP contribution in [-0.4, -0.2) is 70.6 Å². The molecule has 2 aliphatic heterocycles. The van der Waals surface area contributed by atoms with Crippen LogP contribution < -0.4 is 5.32 Å². The molecule has 2 fully saturated rings. The molecule has 0 aliphatic carbocycles. The highest BCUT2D eigenvalue weighted by Crippen LogP contribution is 2.33. The van der Waals surface area contributed by atoms with Gasteiger partial charge in [0.2, 0.25) is 0 Å². The third kappa shape index (κ3) is 6.69. The molecular weight excluding hydrogens is 378 g/mol. The minimum absolute atomic E-state index is 0.163. The lowest BCUT2D eigenvalue weighted by Crippen LogP contribution is -2.48. The van der Waals surface area contributed by atoms with E-state index in [0.717, 1.165) is 71.1 Å². The number of aryl methyl sites for hydroxylation is 1. The second-order valence-electron chi connectivity index (χ2n) is 8.44. The molecule has 1 aromatic carbocycles. The van der Waals surface area contributed by atoms with Gasteiger partial charge in [-0.15, -0.1) is 0 Å². The SMILES string of the molecule is CN=C(NCC1CCCOC1c1ccc(C)cc1)N1CCC(OCCCOC)CC1. The van der Waals surface area contributed by atoms with E-state index in [-0.39, 0.29) is 6.10 Å². The fraction of sp³-hybridized carbons (Fsp3) is 0.708. The molecule has 0 aromatic heterocycles. The van der Waals surface area contributed by atoms with Gasteiger partial charge in [0, 0.05) is 59.5 Å². The second kappa shape index (κ2) is 12.3. The maximum atomic E-state index is 6.18. The van der Waals surface area contributed by atoms with Gasteiger partial charge in [-0.05, 0) is 44.6 Å². The van der Waals surface area contributed by atoms with Crippen LogP contribution in [0.3, 0.4) is 0 Å². The number of hydrogen-bond acceptors (Lipinski definition) is 4. The summed E-state index contributed by atoms with van der Waals surface area (Å²) in [7, 11) is 3.62. The predicted octanol–water partition coefficient (Wildman–Crippen LogP) is 3.56. The van der Waals surface area contributed by atoms with Crippen LogP contribution in [0.5, 0.6) is 0 Å². The Hall–Kier alpha value is -1.63. The van der Waals surface area contributed by atoms with Gasteiger partial charge in [-0.25, -0.2) is 0 Å². The lowest BCUT2D eigenvalue weighted by Gasteiger charge is -2.36. The summed E-state index contributed by atoms with van der Waals surface area (Å²) in [6.45, 7) is 7.38. The molecule has 0 spiro atoms. The zero-order valence-corrected chi connectivity index (χ0v) is 18.9. The van der Waals surface area contributed by atoms with Crippen molar-refractivity contribution in [2.24, 2.45) is 10.9 Å². The normalized spacial score (nSPS) is 23.6. The van der Waals surface area contributed by atoms with Crippen LogP contribution in [-0.2, 0) is 14.2 Å². The maximum Gasteiger partial charge on any atom is 0.193 e. The summed E-state index contributed by atoms with van der Waals surface area (Å²) in [6, 6.07) is 8.78. The minimum Gasteiger partial charge on any atom is -0.385 e. The van der Waals surface area contributed by atoms with Crippen molar-refractivity contribution in [3.8, 4) is 0 Å². The highest BCUT2D eigenvalue weighted by molar-refractivity contribution is 5.80. The Balaban J connectivity index is 1.47. The van der Waals surface area contributed by atoms with Gasteiger partial charge < -0.3 is 24.4 Å². The lowest BCUT2D eigenvalue weighted by atomic mass is 9.89. The smallest absolute Gasteiger partial charge is 0.193 e. The van der Waals surface area contributed by atoms with Crippen LogP contribution in [0.4, 0.5) is 0 Å². The number of hydrogen-bond donors (Lipinski definition) is 1. The van der Waals surface area contributed by atoms with Gasteiger partial charge in [-0.1, -0.05) is 29.8 Å². The number of guanidine groups is 1. The van der Waals surface area contributed by atoms with Gasteiger partial charge in [0.15, 0.2) is 5.96 Å². The van der Waals surface area contributed by atoms with Gasteiger partial charge in [-0.2, -0.15) is 0 Å². The summed E-state index contributed by atoms with van der Waals surface area (Å²) >= 11 is 0. The van der Waals surface area contributed by atoms with Gasteiger partial charge in [0.1, 0.15) is 0 Å². The molecule has 2 heterocycles. The molecule has 0 amide bonds.